The minimum absolute atomic E-state index is 0.00112. The van der Waals surface area contributed by atoms with Crippen molar-refractivity contribution in [3.63, 3.8) is 0 Å². The number of hydrogen-bond donors (Lipinski definition) is 8. The highest BCUT2D eigenvalue weighted by atomic mass is 16.5. The van der Waals surface area contributed by atoms with Crippen LogP contribution >= 0.6 is 0 Å². The molecule has 1 aromatic carbocycles. The predicted molar refractivity (Wildman–Crippen MR) is 352 cm³/mol. The molecule has 1 aromatic rings. The highest BCUT2D eigenvalue weighted by molar-refractivity contribution is 6.12. The molecule has 27 nitrogen and oxygen atoms in total. The van der Waals surface area contributed by atoms with E-state index in [4.69, 9.17) is 15.2 Å². The van der Waals surface area contributed by atoms with E-state index < -0.39 is 132 Å². The van der Waals surface area contributed by atoms with Gasteiger partial charge in [0.05, 0.1) is 55.3 Å². The van der Waals surface area contributed by atoms with Crippen LogP contribution in [0.4, 0.5) is 4.79 Å². The number of urea groups is 1. The summed E-state index contributed by atoms with van der Waals surface area (Å²) in [5, 5.41) is 27.4. The van der Waals surface area contributed by atoms with Gasteiger partial charge in [-0.05, 0) is 88.9 Å². The topological polar surface area (TPSA) is 344 Å². The van der Waals surface area contributed by atoms with Crippen molar-refractivity contribution in [1.82, 2.24) is 61.3 Å². The molecule has 1 saturated heterocycles. The molecule has 9 N–H and O–H groups in total. The number of ether oxygens (including phenoxy) is 2. The van der Waals surface area contributed by atoms with Crippen molar-refractivity contribution in [3.05, 3.63) is 48.0 Å². The van der Waals surface area contributed by atoms with Crippen molar-refractivity contribution in [2.75, 3.05) is 94.8 Å². The summed E-state index contributed by atoms with van der Waals surface area (Å²) >= 11 is 0. The molecule has 2 aliphatic rings. The lowest BCUT2D eigenvalue weighted by molar-refractivity contribution is -0.148. The molecule has 93 heavy (non-hydrogen) atoms. The number of likely N-dealkylation sites (tertiary alicyclic amines) is 1. The van der Waals surface area contributed by atoms with Crippen molar-refractivity contribution < 1.29 is 67.3 Å². The summed E-state index contributed by atoms with van der Waals surface area (Å²) in [7, 11) is 9.81. The zero-order valence-electron chi connectivity index (χ0n) is 58.0. The third-order valence-corrected chi connectivity index (χ3v) is 17.9. The van der Waals surface area contributed by atoms with Crippen molar-refractivity contribution in [2.45, 2.75) is 181 Å². The quantitative estimate of drug-likeness (QED) is 0.0340. The van der Waals surface area contributed by atoms with Crippen LogP contribution in [0.1, 0.15) is 132 Å². The smallest absolute Gasteiger partial charge is 0.312 e. The fourth-order valence-corrected chi connectivity index (χ4v) is 12.0. The van der Waals surface area contributed by atoms with Gasteiger partial charge in [0, 0.05) is 86.2 Å². The molecule has 3 rings (SSSR count). The van der Waals surface area contributed by atoms with Crippen LogP contribution in [0.5, 0.6) is 0 Å². The molecule has 0 aliphatic carbocycles. The first kappa shape index (κ1) is 80.2. The number of rotatable bonds is 41. The van der Waals surface area contributed by atoms with Gasteiger partial charge >= 0.3 is 6.03 Å². The maximum absolute atomic E-state index is 14.9. The number of nitrogens with two attached hydrogens (primary N) is 1. The first-order valence-corrected chi connectivity index (χ1v) is 32.8. The third-order valence-electron chi connectivity index (χ3n) is 17.9. The van der Waals surface area contributed by atoms with Crippen LogP contribution in [0.3, 0.4) is 0 Å². The van der Waals surface area contributed by atoms with E-state index in [1.54, 1.807) is 79.5 Å². The van der Waals surface area contributed by atoms with E-state index in [0.29, 0.717) is 70.5 Å². The molecule has 2 aliphatic heterocycles. The molecular weight excluding hydrogens is 1200 g/mol. The van der Waals surface area contributed by atoms with Crippen LogP contribution in [-0.4, -0.2) is 249 Å². The number of carbonyl (C=O) groups is 11. The molecule has 0 aromatic heterocycles. The van der Waals surface area contributed by atoms with Crippen LogP contribution < -0.4 is 37.6 Å². The second-order valence-electron chi connectivity index (χ2n) is 26.0. The average Bonchev–Trinajstić information content (AvgIpc) is 1.81. The lowest BCUT2D eigenvalue weighted by atomic mass is 9.89. The first-order chi connectivity index (χ1) is 43.8. The van der Waals surface area contributed by atoms with Crippen molar-refractivity contribution >= 4 is 65.1 Å². The lowest BCUT2D eigenvalue weighted by Gasteiger charge is -2.41. The number of imide groups is 1. The van der Waals surface area contributed by atoms with E-state index in [9.17, 15) is 57.8 Å². The highest BCUT2D eigenvalue weighted by Crippen LogP contribution is 2.30. The van der Waals surface area contributed by atoms with Gasteiger partial charge in [0.1, 0.15) is 24.2 Å². The lowest BCUT2D eigenvalue weighted by Crippen LogP contribution is -2.61. The molecule has 12 amide bonds. The van der Waals surface area contributed by atoms with Crippen molar-refractivity contribution in [2.24, 2.45) is 35.3 Å². The number of methoxy groups -OCH3 is 2. The van der Waals surface area contributed by atoms with Crippen LogP contribution in [-0.2, 0) is 57.4 Å². The molecule has 2 heterocycles. The number of nitrogens with zero attached hydrogens (tertiary/aromatic N) is 6. The summed E-state index contributed by atoms with van der Waals surface area (Å²) in [6, 6.07) is 2.02. The second kappa shape index (κ2) is 39.6. The van der Waals surface area contributed by atoms with E-state index in [2.05, 4.69) is 36.8 Å². The summed E-state index contributed by atoms with van der Waals surface area (Å²) in [5.74, 6) is -7.01. The molecule has 12 atom stereocenters. The summed E-state index contributed by atoms with van der Waals surface area (Å²) in [6.07, 6.45) is 2.70. The Morgan fingerprint density at radius 3 is 1.87 bits per heavy atom. The minimum Gasteiger partial charge on any atom is -0.386 e. The molecule has 0 bridgehead atoms. The molecule has 1 unspecified atom stereocenters. The van der Waals surface area contributed by atoms with Crippen LogP contribution in [0.15, 0.2) is 42.5 Å². The van der Waals surface area contributed by atoms with E-state index in [0.717, 1.165) is 0 Å². The predicted octanol–water partition coefficient (Wildman–Crippen LogP) is 1.53. The number of carbonyl (C=O) groups excluding carboxylic acids is 11. The number of aliphatic hydroxyl groups is 1. The van der Waals surface area contributed by atoms with Crippen molar-refractivity contribution in [3.8, 4) is 0 Å². The summed E-state index contributed by atoms with van der Waals surface area (Å²) < 4.78 is 12.1. The fourth-order valence-electron chi connectivity index (χ4n) is 12.0. The number of aliphatic hydroxyl groups excluding tert-OH is 1. The van der Waals surface area contributed by atoms with Crippen molar-refractivity contribution in [1.29, 1.82) is 0 Å². The Bertz CT molecular complexity index is 2650. The highest BCUT2D eigenvalue weighted by Gasteiger charge is 2.44. The van der Waals surface area contributed by atoms with E-state index in [1.165, 1.54) is 48.1 Å². The molecule has 524 valence electrons. The molecule has 0 saturated carbocycles. The monoisotopic (exact) mass is 1310 g/mol. The first-order valence-electron chi connectivity index (χ1n) is 32.8. The van der Waals surface area contributed by atoms with Gasteiger partial charge in [-0.1, -0.05) is 99.1 Å². The van der Waals surface area contributed by atoms with Gasteiger partial charge in [0.25, 0.3) is 11.8 Å². The Balaban J connectivity index is 1.69. The standard InChI is InChI=1S/C66H111N13O14/c1-17-43(8)58(49(92-15)38-53(83)78-33-22-27-48(78)60(93-16)44(9)61(86)70-45(10)59(85)46-24-19-18-20-25-46)77(14)65(90)56(41(4)5)73-64(89)57(42(6)7)76(13)54(84)39-69-62(87)47(26-21-31-68-66(67)91)71-63(88)55(40(2)3)72-50(80)30-35-75(12)37-36-74(11)32-23-34-79-51(81)28-29-52(79)82/h18-20,24-25,28-29,40-45,47-49,55-60,85H,17,21-23,26-27,30-39H2,1-16H3,(H,69,87)(H,70,86)(H,71,88)(H,72,80)(H,73,89)(H3,67,68,91)/t43-,44+,45+,47?,48-,49+,55-,56-,57-,58-,59+,60+/m0/s1. The maximum Gasteiger partial charge on any atom is 0.312 e. The van der Waals surface area contributed by atoms with Gasteiger partial charge in [0.2, 0.25) is 47.3 Å². The number of amides is 12. The van der Waals surface area contributed by atoms with Gasteiger partial charge in [-0.15, -0.1) is 0 Å². The largest absolute Gasteiger partial charge is 0.386 e. The summed E-state index contributed by atoms with van der Waals surface area (Å²) in [6.45, 7) is 20.4. The minimum atomic E-state index is -1.24. The third kappa shape index (κ3) is 24.7. The zero-order chi connectivity index (χ0) is 70.0. The number of primary amides is 1. The molecule has 0 spiro atoms. The Kier molecular flexibility index (Phi) is 34.1. The van der Waals surface area contributed by atoms with Gasteiger partial charge < -0.3 is 76.7 Å². The number of nitrogens with one attached hydrogen (secondary N) is 6. The van der Waals surface area contributed by atoms with Gasteiger partial charge in [0.15, 0.2) is 0 Å². The maximum atomic E-state index is 14.9. The Hall–Kier alpha value is -7.07. The Labute approximate surface area is 551 Å². The van der Waals surface area contributed by atoms with Crippen LogP contribution in [0.2, 0.25) is 0 Å². The van der Waals surface area contributed by atoms with E-state index >= 15 is 0 Å². The summed E-state index contributed by atoms with van der Waals surface area (Å²) in [4.78, 5) is 158. The Morgan fingerprint density at radius 1 is 0.699 bits per heavy atom. The molecular formula is C66H111N13O14. The molecule has 0 radical (unpaired) electrons. The van der Waals surface area contributed by atoms with Crippen LogP contribution in [0, 0.1) is 29.6 Å². The van der Waals surface area contributed by atoms with Gasteiger partial charge in [-0.2, -0.15) is 0 Å². The van der Waals surface area contributed by atoms with E-state index in [-0.39, 0.29) is 61.8 Å². The SMILES string of the molecule is CC[C@H](C)[C@@H]([C@@H](CC(=O)N1CCC[C@H]1[C@H](OC)[C@@H](C)C(=O)N[C@H](C)[C@@H](O)c1ccccc1)OC)N(C)C(=O)[C@@H](NC(=O)[C@H](C(C)C)N(C)C(=O)CNC(=O)C(CCCNC(N)=O)NC(=O)[C@@H](NC(=O)CCN(C)CCN(C)CCCN1C(=O)C=CC1=O)C(C)C)C(C)C. The van der Waals surface area contributed by atoms with Gasteiger partial charge in [-0.25, -0.2) is 4.79 Å². The normalized spacial score (nSPS) is 17.7. The second-order valence-corrected chi connectivity index (χ2v) is 26.0. The summed E-state index contributed by atoms with van der Waals surface area (Å²) in [5.41, 5.74) is 5.93. The number of hydrogen-bond acceptors (Lipinski definition) is 16. The molecule has 1 fully saturated rings. The zero-order valence-corrected chi connectivity index (χ0v) is 58.0. The van der Waals surface area contributed by atoms with Gasteiger partial charge in [-0.3, -0.25) is 52.8 Å². The number of likely N-dealkylation sites (N-methyl/N-ethyl adjacent to an activating group) is 4. The average molecular weight is 1310 g/mol. The van der Waals surface area contributed by atoms with E-state index in [1.807, 2.05) is 51.0 Å². The molecule has 27 heteroatoms. The Morgan fingerprint density at radius 2 is 1.31 bits per heavy atom. The van der Waals surface area contributed by atoms with Crippen LogP contribution in [0.25, 0.3) is 0 Å². The fraction of sp³-hybridized carbons (Fsp3) is 0.712. The number of benzene rings is 1.